The first-order chi connectivity index (χ1) is 47.7. The third-order valence-corrected chi connectivity index (χ3v) is 19.9. The van der Waals surface area contributed by atoms with Crippen LogP contribution in [0.15, 0.2) is 54.6 Å². The Balaban J connectivity index is 1.44. The zero-order valence-corrected chi connectivity index (χ0v) is 62.1. The molecule has 0 aliphatic carbocycles. The second kappa shape index (κ2) is 42.2. The third kappa shape index (κ3) is 26.7. The summed E-state index contributed by atoms with van der Waals surface area (Å²) in [6, 6.07) is 7.26. The summed E-state index contributed by atoms with van der Waals surface area (Å²) in [6.07, 6.45) is -0.515. The summed E-state index contributed by atoms with van der Waals surface area (Å²) in [6.45, 7) is 17.5. The number of likely N-dealkylation sites (N-methyl/N-ethyl adjacent to an activating group) is 2. The lowest BCUT2D eigenvalue weighted by Gasteiger charge is -2.41. The topological polar surface area (TPSA) is 338 Å². The first-order valence-electron chi connectivity index (χ1n) is 36.0. The lowest BCUT2D eigenvalue weighted by molar-refractivity contribution is -0.195. The number of urea groups is 1. The maximum Gasteiger partial charge on any atom is 0.404 e. The smallest absolute Gasteiger partial charge is 0.379 e. The zero-order valence-electron chi connectivity index (χ0n) is 62.1. The van der Waals surface area contributed by atoms with E-state index in [1.165, 1.54) is 19.1 Å². The second-order valence-electron chi connectivity index (χ2n) is 28.5. The molecule has 2 fully saturated rings. The van der Waals surface area contributed by atoms with E-state index >= 15 is 0 Å². The number of nitrogens with two attached hydrogens (primary N) is 2. The summed E-state index contributed by atoms with van der Waals surface area (Å²) in [4.78, 5) is 143. The van der Waals surface area contributed by atoms with E-state index in [2.05, 4.69) is 51.1 Å². The van der Waals surface area contributed by atoms with E-state index < -0.39 is 132 Å². The van der Waals surface area contributed by atoms with Crippen molar-refractivity contribution in [3.63, 3.8) is 0 Å². The number of primary amides is 2. The number of halogens is 3. The standard InChI is InChI=1S/C73H118F3N13O12/c1-15-17-19-25-47(8)63(86(10)11)70(97)85-61(45(5)6)71(98)87(12)62(46(7)16-2)56(100-13)42-59(91)89-38-23-29-55(89)64(101-14)48(9)66(93)83-54(40-49-26-20-18-21-27-49)67(94)80-43-50-31-33-52(34-32-50)81-68(95)53(28-22-36-79-72(78)99)82-69(96)60(44(3)4)84-58(90)30-24-37-88-39-35-51(65(77)92)41-57(88)73(74,75)76/h18,20-21,26-27,31-34,44-48,51,53-57,60-64H,15-17,19,22-25,28-30,35-43H2,1-14H3,(H2,77,92)(H,80,94)(H,81,95)(H,82,96)(H,83,93)(H,84,90)(H,85,97)(H3,78,79,99)/t46-,47?,48+,51?,53-,54-,55-,56+,57?,60?,61-,62-,63?,64+/m0/s1. The molecule has 2 aromatic carbocycles. The van der Waals surface area contributed by atoms with Gasteiger partial charge in [-0.3, -0.25) is 53.0 Å². The van der Waals surface area contributed by atoms with Crippen molar-refractivity contribution < 1.29 is 70.6 Å². The Morgan fingerprint density at radius 1 is 0.673 bits per heavy atom. The molecule has 14 atom stereocenters. The highest BCUT2D eigenvalue weighted by Gasteiger charge is 2.48. The summed E-state index contributed by atoms with van der Waals surface area (Å²) in [5.74, 6) is -7.00. The number of nitrogens with one attached hydrogen (secondary N) is 7. The number of piperidine rings is 1. The molecule has 2 aliphatic heterocycles. The molecule has 11 N–H and O–H groups in total. The van der Waals surface area contributed by atoms with Crippen molar-refractivity contribution in [3.8, 4) is 0 Å². The number of hydrogen-bond acceptors (Lipinski definition) is 14. The molecule has 28 heteroatoms. The maximum absolute atomic E-state index is 14.7. The molecule has 0 bridgehead atoms. The van der Waals surface area contributed by atoms with Crippen LogP contribution in [0.3, 0.4) is 0 Å². The minimum absolute atomic E-state index is 0.0101. The molecule has 2 aromatic rings. The van der Waals surface area contributed by atoms with Crippen LogP contribution in [0.4, 0.5) is 23.7 Å². The summed E-state index contributed by atoms with van der Waals surface area (Å²) < 4.78 is 54.2. The predicted octanol–water partition coefficient (Wildman–Crippen LogP) is 6.16. The highest BCUT2D eigenvalue weighted by atomic mass is 19.4. The quantitative estimate of drug-likeness (QED) is 0.0336. The van der Waals surface area contributed by atoms with Gasteiger partial charge in [0, 0.05) is 65.3 Å². The number of unbranched alkanes of at least 4 members (excludes halogenated alkanes) is 2. The fourth-order valence-electron chi connectivity index (χ4n) is 13.9. The molecule has 0 spiro atoms. The van der Waals surface area contributed by atoms with Crippen molar-refractivity contribution in [2.24, 2.45) is 47.0 Å². The van der Waals surface area contributed by atoms with Crippen molar-refractivity contribution in [1.29, 1.82) is 0 Å². The number of rotatable bonds is 42. The summed E-state index contributed by atoms with van der Waals surface area (Å²) in [7, 11) is 8.49. The number of anilines is 1. The number of amides is 11. The molecule has 2 saturated heterocycles. The van der Waals surface area contributed by atoms with E-state index in [4.69, 9.17) is 20.9 Å². The van der Waals surface area contributed by atoms with Crippen LogP contribution in [0.1, 0.15) is 163 Å². The van der Waals surface area contributed by atoms with Crippen LogP contribution in [0.5, 0.6) is 0 Å². The van der Waals surface area contributed by atoms with Gasteiger partial charge >= 0.3 is 12.2 Å². The number of ether oxygens (including phenoxy) is 2. The van der Waals surface area contributed by atoms with E-state index in [1.807, 2.05) is 77.0 Å². The third-order valence-electron chi connectivity index (χ3n) is 19.9. The summed E-state index contributed by atoms with van der Waals surface area (Å²) in [5, 5.41) is 19.6. The van der Waals surface area contributed by atoms with E-state index in [0.717, 1.165) is 31.2 Å². The van der Waals surface area contributed by atoms with Crippen LogP contribution >= 0.6 is 0 Å². The van der Waals surface area contributed by atoms with Crippen molar-refractivity contribution >= 4 is 64.9 Å². The number of hydrogen-bond donors (Lipinski definition) is 9. The van der Waals surface area contributed by atoms with Gasteiger partial charge in [0.15, 0.2) is 0 Å². The molecule has 0 radical (unpaired) electrons. The fourth-order valence-corrected chi connectivity index (χ4v) is 13.9. The van der Waals surface area contributed by atoms with Crippen LogP contribution in [0.25, 0.3) is 0 Å². The van der Waals surface area contributed by atoms with E-state index in [-0.39, 0.29) is 107 Å². The molecule has 4 rings (SSSR count). The average molecular weight is 1430 g/mol. The van der Waals surface area contributed by atoms with Gasteiger partial charge in [-0.1, -0.05) is 130 Å². The number of likely N-dealkylation sites (tertiary alicyclic amines) is 2. The number of methoxy groups -OCH3 is 2. The van der Waals surface area contributed by atoms with E-state index in [1.54, 1.807) is 61.9 Å². The van der Waals surface area contributed by atoms with Crippen molar-refractivity contribution in [2.45, 2.75) is 232 Å². The second-order valence-corrected chi connectivity index (χ2v) is 28.5. The van der Waals surface area contributed by atoms with E-state index in [9.17, 15) is 61.1 Å². The lowest BCUT2D eigenvalue weighted by Crippen LogP contribution is -2.60. The van der Waals surface area contributed by atoms with Crippen LogP contribution < -0.4 is 48.7 Å². The summed E-state index contributed by atoms with van der Waals surface area (Å²) >= 11 is 0. The van der Waals surface area contributed by atoms with Crippen molar-refractivity contribution in [2.75, 3.05) is 66.9 Å². The van der Waals surface area contributed by atoms with Gasteiger partial charge in [-0.15, -0.1) is 0 Å². The highest BCUT2D eigenvalue weighted by molar-refractivity contribution is 5.98. The molecule has 101 heavy (non-hydrogen) atoms. The molecule has 0 saturated carbocycles. The first kappa shape index (κ1) is 86.0. The predicted molar refractivity (Wildman–Crippen MR) is 381 cm³/mol. The van der Waals surface area contributed by atoms with Gasteiger partial charge in [0.1, 0.15) is 30.2 Å². The summed E-state index contributed by atoms with van der Waals surface area (Å²) in [5.41, 5.74) is 12.3. The van der Waals surface area contributed by atoms with Gasteiger partial charge < -0.3 is 68.0 Å². The highest BCUT2D eigenvalue weighted by Crippen LogP contribution is 2.35. The Morgan fingerprint density at radius 2 is 1.33 bits per heavy atom. The van der Waals surface area contributed by atoms with Crippen LogP contribution in [0, 0.1) is 35.5 Å². The Hall–Kier alpha value is -7.43. The normalized spacial score (nSPS) is 19.1. The zero-order chi connectivity index (χ0) is 75.4. The van der Waals surface area contributed by atoms with E-state index in [0.29, 0.717) is 37.1 Å². The molecule has 568 valence electrons. The van der Waals surface area contributed by atoms with Gasteiger partial charge in [-0.05, 0) is 125 Å². The van der Waals surface area contributed by atoms with Crippen molar-refractivity contribution in [1.82, 2.24) is 51.5 Å². The molecule has 2 heterocycles. The number of carbonyl (C=O) groups excluding carboxylic acids is 10. The van der Waals surface area contributed by atoms with Gasteiger partial charge in [-0.25, -0.2) is 4.79 Å². The number of nitrogens with zero attached hydrogens (tertiary/aromatic N) is 4. The van der Waals surface area contributed by atoms with Gasteiger partial charge in [0.2, 0.25) is 53.2 Å². The average Bonchev–Trinajstić information content (AvgIpc) is 1.77. The van der Waals surface area contributed by atoms with Crippen LogP contribution in [-0.2, 0) is 65.6 Å². The Labute approximate surface area is 596 Å². The monoisotopic (exact) mass is 1430 g/mol. The van der Waals surface area contributed by atoms with Gasteiger partial charge in [0.25, 0.3) is 0 Å². The maximum atomic E-state index is 14.7. The molecule has 25 nitrogen and oxygen atoms in total. The number of benzene rings is 2. The SMILES string of the molecule is CCCCCC(C)C(C(=O)N[C@H](C(=O)N(C)[C@@H]([C@@H](C)CC)[C@@H](CC(=O)N1CCC[C@H]1[C@H](OC)[C@@H](C)C(=O)N[C@@H](Cc1ccccc1)C(=O)NCc1ccc(NC(=O)[C@H](CCCNC(N)=O)NC(=O)C(NC(=O)CCCN2CCC(C(N)=O)CC2C(F)(F)F)C(C)C)cc1)OC)C(C)C)N(C)C. The Bertz CT molecular complexity index is 2980. The number of alkyl halides is 3. The minimum Gasteiger partial charge on any atom is -0.379 e. The van der Waals surface area contributed by atoms with Crippen LogP contribution in [-0.4, -0.2) is 207 Å². The minimum atomic E-state index is -4.62. The first-order valence-corrected chi connectivity index (χ1v) is 36.0. The molecule has 5 unspecified atom stereocenters. The molecule has 2 aliphatic rings. The Morgan fingerprint density at radius 3 is 1.90 bits per heavy atom. The Kier molecular flexibility index (Phi) is 36.0. The van der Waals surface area contributed by atoms with Gasteiger partial charge in [0.05, 0.1) is 42.7 Å². The van der Waals surface area contributed by atoms with Gasteiger partial charge in [-0.2, -0.15) is 13.2 Å². The molecular weight excluding hydrogens is 1310 g/mol. The molecule has 0 aromatic heterocycles. The van der Waals surface area contributed by atoms with Crippen LogP contribution in [0.2, 0.25) is 0 Å². The largest absolute Gasteiger partial charge is 0.404 e. The molecular formula is C73H118F3N13O12. The fraction of sp³-hybridized carbons (Fsp3) is 0.699. The molecule has 11 amide bonds. The lowest BCUT2D eigenvalue weighted by atomic mass is 9.89. The van der Waals surface area contributed by atoms with Crippen molar-refractivity contribution in [3.05, 3.63) is 65.7 Å². The number of carbonyl (C=O) groups is 10.